The van der Waals surface area contributed by atoms with Crippen LogP contribution in [-0.2, 0) is 4.74 Å². The molecule has 0 bridgehead atoms. The molecule has 1 spiro atoms. The highest BCUT2D eigenvalue weighted by Crippen LogP contribution is 2.45. The van der Waals surface area contributed by atoms with Gasteiger partial charge in [-0.15, -0.1) is 0 Å². The van der Waals surface area contributed by atoms with E-state index in [4.69, 9.17) is 20.9 Å². The molecular weight excluding hydrogens is 444 g/mol. The van der Waals surface area contributed by atoms with E-state index in [1.54, 1.807) is 42.5 Å². The zero-order chi connectivity index (χ0) is 24.1. The van der Waals surface area contributed by atoms with Crippen molar-refractivity contribution < 1.29 is 29.6 Å². The number of ether oxygens (including phenoxy) is 2. The highest BCUT2D eigenvalue weighted by molar-refractivity contribution is 5.93. The molecule has 0 unspecified atom stereocenters. The van der Waals surface area contributed by atoms with Gasteiger partial charge in [-0.2, -0.15) is 0 Å². The van der Waals surface area contributed by atoms with E-state index in [1.807, 2.05) is 6.07 Å². The number of aliphatic hydroxyl groups is 3. The van der Waals surface area contributed by atoms with Crippen molar-refractivity contribution in [2.75, 3.05) is 13.2 Å². The summed E-state index contributed by atoms with van der Waals surface area (Å²) in [5.74, 6) is -2.94. The third-order valence-corrected chi connectivity index (χ3v) is 6.26. The van der Waals surface area contributed by atoms with Crippen LogP contribution in [0.15, 0.2) is 64.6 Å². The lowest BCUT2D eigenvalue weighted by atomic mass is 9.86. The predicted molar refractivity (Wildman–Crippen MR) is 120 cm³/mol. The molecule has 0 amide bonds. The average Bonchev–Trinajstić information content (AvgIpc) is 3.29. The summed E-state index contributed by atoms with van der Waals surface area (Å²) in [7, 11) is 0. The minimum atomic E-state index is -2.69. The van der Waals surface area contributed by atoms with E-state index in [9.17, 15) is 20.1 Å². The molecule has 0 saturated carbocycles. The Hall–Kier alpha value is -3.87. The monoisotopic (exact) mass is 468 g/mol. The van der Waals surface area contributed by atoms with Gasteiger partial charge in [-0.05, 0) is 24.3 Å². The van der Waals surface area contributed by atoms with Crippen LogP contribution in [0.25, 0.3) is 0 Å². The molecule has 178 valence electrons. The second kappa shape index (κ2) is 7.87. The van der Waals surface area contributed by atoms with E-state index >= 15 is 0 Å². The molecule has 4 atom stereocenters. The first kappa shape index (κ1) is 21.9. The van der Waals surface area contributed by atoms with Gasteiger partial charge >= 0.3 is 5.97 Å². The third-order valence-electron chi connectivity index (χ3n) is 6.26. The van der Waals surface area contributed by atoms with E-state index in [1.165, 1.54) is 11.0 Å². The second-order valence-electron chi connectivity index (χ2n) is 8.23. The van der Waals surface area contributed by atoms with Gasteiger partial charge in [-0.1, -0.05) is 30.3 Å². The van der Waals surface area contributed by atoms with Gasteiger partial charge in [0, 0.05) is 0 Å². The molecule has 1 fully saturated rings. The molecule has 12 heteroatoms. The van der Waals surface area contributed by atoms with Crippen LogP contribution in [0, 0.1) is 0 Å². The second-order valence-corrected chi connectivity index (χ2v) is 8.23. The molecular formula is C22H24N6O6. The van der Waals surface area contributed by atoms with Gasteiger partial charge in [0.2, 0.25) is 5.79 Å². The topological polar surface area (TPSA) is 188 Å². The van der Waals surface area contributed by atoms with Crippen molar-refractivity contribution in [2.45, 2.75) is 29.6 Å². The number of nitrogens with zero attached hydrogens (tertiary/aromatic N) is 3. The minimum Gasteiger partial charge on any atom is -0.456 e. The molecule has 3 heterocycles. The van der Waals surface area contributed by atoms with Crippen molar-refractivity contribution in [1.82, 2.24) is 10.2 Å². The highest BCUT2D eigenvalue weighted by Gasteiger charge is 2.74. The van der Waals surface area contributed by atoms with Crippen LogP contribution in [0.5, 0.6) is 11.5 Å². The molecule has 2 aromatic rings. The molecule has 3 aliphatic rings. The summed E-state index contributed by atoms with van der Waals surface area (Å²) < 4.78 is 11.4. The molecule has 12 nitrogen and oxygen atoms in total. The molecule has 1 saturated heterocycles. The summed E-state index contributed by atoms with van der Waals surface area (Å²) in [6, 6.07) is 13.5. The number of para-hydroxylation sites is 2. The van der Waals surface area contributed by atoms with Crippen LogP contribution in [0.4, 0.5) is 0 Å². The lowest BCUT2D eigenvalue weighted by Crippen LogP contribution is -2.77. The van der Waals surface area contributed by atoms with Crippen LogP contribution in [0.3, 0.4) is 0 Å². The average molecular weight is 468 g/mol. The first-order valence-corrected chi connectivity index (χ1v) is 10.6. The Morgan fingerprint density at radius 2 is 1.82 bits per heavy atom. The number of esters is 1. The number of aliphatic imine (C=N–C) groups is 2. The Kier molecular flexibility index (Phi) is 5.08. The SMILES string of the molecule is NC1=N[C@H]2[C@H](CO)N=C(N)N3C[C@H](OC(=O)c4ccccc4Oc4ccccc4)C(O)(O)[C@]23N1. The van der Waals surface area contributed by atoms with Crippen LogP contribution in [-0.4, -0.2) is 80.9 Å². The maximum absolute atomic E-state index is 13.1. The van der Waals surface area contributed by atoms with Crippen molar-refractivity contribution >= 4 is 17.9 Å². The predicted octanol–water partition coefficient (Wildman–Crippen LogP) is -1.33. The van der Waals surface area contributed by atoms with E-state index in [2.05, 4.69) is 15.3 Å². The van der Waals surface area contributed by atoms with Crippen molar-refractivity contribution in [1.29, 1.82) is 0 Å². The lowest BCUT2D eigenvalue weighted by molar-refractivity contribution is -0.257. The minimum absolute atomic E-state index is 0.0773. The number of guanidine groups is 2. The number of carbonyl (C=O) groups excluding carboxylic acids is 1. The molecule has 5 rings (SSSR count). The summed E-state index contributed by atoms with van der Waals surface area (Å²) in [5.41, 5.74) is 10.2. The van der Waals surface area contributed by atoms with Crippen molar-refractivity contribution in [3.05, 3.63) is 60.2 Å². The smallest absolute Gasteiger partial charge is 0.342 e. The van der Waals surface area contributed by atoms with Gasteiger partial charge < -0.3 is 46.5 Å². The molecule has 0 aromatic heterocycles. The number of hydrogen-bond acceptors (Lipinski definition) is 12. The fourth-order valence-electron chi connectivity index (χ4n) is 4.70. The van der Waals surface area contributed by atoms with E-state index in [0.29, 0.717) is 5.75 Å². The Morgan fingerprint density at radius 1 is 1.12 bits per heavy atom. The van der Waals surface area contributed by atoms with E-state index in [0.717, 1.165) is 0 Å². The number of nitrogens with two attached hydrogens (primary N) is 2. The van der Waals surface area contributed by atoms with E-state index in [-0.39, 0.29) is 29.8 Å². The standard InChI is InChI=1S/C22H24N6O6/c23-19-26-17-14(11-29)25-20(24)28-10-16(22(31,32)21(17,28)27-19)34-18(30)13-8-4-5-9-15(13)33-12-6-2-1-3-7-12/h1-9,14,16-17,29,31-32H,10-11H2,(H2,24,25)(H3,23,26,27)/t14-,16-,17-,21-/m0/s1. The summed E-state index contributed by atoms with van der Waals surface area (Å²) in [6.45, 7) is -0.662. The Bertz CT molecular complexity index is 1170. The van der Waals surface area contributed by atoms with Crippen LogP contribution in [0.1, 0.15) is 10.4 Å². The number of hydrogen-bond donors (Lipinski definition) is 6. The van der Waals surface area contributed by atoms with Crippen molar-refractivity contribution in [3.8, 4) is 11.5 Å². The quantitative estimate of drug-likeness (QED) is 0.227. The number of rotatable bonds is 5. The Balaban J connectivity index is 1.44. The zero-order valence-electron chi connectivity index (χ0n) is 17.9. The first-order chi connectivity index (χ1) is 16.3. The van der Waals surface area contributed by atoms with Crippen LogP contribution < -0.4 is 21.5 Å². The molecule has 34 heavy (non-hydrogen) atoms. The van der Waals surface area contributed by atoms with Crippen LogP contribution >= 0.6 is 0 Å². The molecule has 3 aliphatic heterocycles. The summed E-state index contributed by atoms with van der Waals surface area (Å²) >= 11 is 0. The van der Waals surface area contributed by atoms with Gasteiger partial charge in [-0.25, -0.2) is 14.8 Å². The molecule has 0 aliphatic carbocycles. The van der Waals surface area contributed by atoms with Crippen molar-refractivity contribution in [3.63, 3.8) is 0 Å². The lowest BCUT2D eigenvalue weighted by Gasteiger charge is -2.48. The first-order valence-electron chi connectivity index (χ1n) is 10.6. The fourth-order valence-corrected chi connectivity index (χ4v) is 4.70. The van der Waals surface area contributed by atoms with Crippen molar-refractivity contribution in [2.24, 2.45) is 21.5 Å². The van der Waals surface area contributed by atoms with Gasteiger partial charge in [0.05, 0.1) is 13.2 Å². The molecule has 8 N–H and O–H groups in total. The molecule has 2 aromatic carbocycles. The Morgan fingerprint density at radius 3 is 2.56 bits per heavy atom. The maximum Gasteiger partial charge on any atom is 0.342 e. The summed E-state index contributed by atoms with van der Waals surface area (Å²) in [4.78, 5) is 22.9. The maximum atomic E-state index is 13.1. The number of carbonyl (C=O) groups is 1. The Labute approximate surface area is 194 Å². The summed E-state index contributed by atoms with van der Waals surface area (Å²) in [6.07, 6.45) is -1.47. The largest absolute Gasteiger partial charge is 0.456 e. The highest BCUT2D eigenvalue weighted by atomic mass is 16.6. The third kappa shape index (κ3) is 3.15. The van der Waals surface area contributed by atoms with Gasteiger partial charge in [-0.3, -0.25) is 0 Å². The number of nitrogens with one attached hydrogen (secondary N) is 1. The number of aliphatic hydroxyl groups excluding tert-OH is 1. The van der Waals surface area contributed by atoms with Crippen LogP contribution in [0.2, 0.25) is 0 Å². The normalized spacial score (nSPS) is 28.8. The number of benzene rings is 2. The van der Waals surface area contributed by atoms with E-state index < -0.39 is 42.2 Å². The van der Waals surface area contributed by atoms with Gasteiger partial charge in [0.1, 0.15) is 29.1 Å². The van der Waals surface area contributed by atoms with Gasteiger partial charge in [0.25, 0.3) is 0 Å². The van der Waals surface area contributed by atoms with Gasteiger partial charge in [0.15, 0.2) is 23.7 Å². The fraction of sp³-hybridized carbons (Fsp3) is 0.318. The summed E-state index contributed by atoms with van der Waals surface area (Å²) in [5, 5.41) is 35.1. The zero-order valence-corrected chi connectivity index (χ0v) is 17.9. The molecule has 0 radical (unpaired) electrons.